The third-order valence-corrected chi connectivity index (χ3v) is 7.54. The van der Waals surface area contributed by atoms with Gasteiger partial charge in [0.05, 0.1) is 7.11 Å². The van der Waals surface area contributed by atoms with Crippen molar-refractivity contribution in [3.05, 3.63) is 102 Å². The molecule has 1 unspecified atom stereocenters. The number of aromatic nitrogens is 1. The molecule has 7 heteroatoms. The van der Waals surface area contributed by atoms with Crippen molar-refractivity contribution in [2.45, 2.75) is 37.2 Å². The number of carbonyl (C=O) groups is 2. The van der Waals surface area contributed by atoms with E-state index in [2.05, 4.69) is 11.1 Å². The van der Waals surface area contributed by atoms with Crippen molar-refractivity contribution < 1.29 is 14.3 Å². The van der Waals surface area contributed by atoms with Gasteiger partial charge in [-0.15, -0.1) is 11.6 Å². The first kappa shape index (κ1) is 25.9. The molecule has 38 heavy (non-hydrogen) atoms. The summed E-state index contributed by atoms with van der Waals surface area (Å²) in [6.07, 6.45) is 4.50. The normalized spacial score (nSPS) is 13.7. The molecule has 5 rings (SSSR count). The van der Waals surface area contributed by atoms with Gasteiger partial charge < -0.3 is 19.5 Å². The van der Waals surface area contributed by atoms with Crippen LogP contribution in [0.3, 0.4) is 0 Å². The number of nitrogens with one attached hydrogen (secondary N) is 1. The van der Waals surface area contributed by atoms with Gasteiger partial charge in [0, 0.05) is 36.2 Å². The van der Waals surface area contributed by atoms with E-state index in [1.165, 1.54) is 0 Å². The maximum absolute atomic E-state index is 13.8. The van der Waals surface area contributed by atoms with E-state index in [0.29, 0.717) is 19.5 Å². The van der Waals surface area contributed by atoms with Gasteiger partial charge in [0.25, 0.3) is 0 Å². The monoisotopic (exact) mass is 529 g/mol. The molecule has 196 valence electrons. The lowest BCUT2D eigenvalue weighted by Gasteiger charge is -2.29. The Bertz CT molecular complexity index is 1380. The van der Waals surface area contributed by atoms with Crippen molar-refractivity contribution in [1.29, 1.82) is 0 Å². The van der Waals surface area contributed by atoms with Crippen molar-refractivity contribution in [1.82, 2.24) is 14.8 Å². The number of alkyl halides is 1. The number of aromatic amines is 1. The molecule has 2 amide bonds. The molecule has 0 saturated heterocycles. The van der Waals surface area contributed by atoms with Gasteiger partial charge in [-0.2, -0.15) is 0 Å². The van der Waals surface area contributed by atoms with E-state index in [9.17, 15) is 9.59 Å². The maximum Gasteiger partial charge on any atom is 0.245 e. The fourth-order valence-electron chi connectivity index (χ4n) is 4.77. The van der Waals surface area contributed by atoms with Gasteiger partial charge in [-0.25, -0.2) is 0 Å². The van der Waals surface area contributed by atoms with Gasteiger partial charge in [-0.1, -0.05) is 60.7 Å². The smallest absolute Gasteiger partial charge is 0.245 e. The number of rotatable bonds is 11. The number of methoxy groups -OCH3 is 1. The van der Waals surface area contributed by atoms with Crippen molar-refractivity contribution in [2.24, 2.45) is 0 Å². The van der Waals surface area contributed by atoms with E-state index in [0.717, 1.165) is 46.2 Å². The fraction of sp³-hybridized carbons (Fsp3) is 0.290. The van der Waals surface area contributed by atoms with E-state index >= 15 is 0 Å². The molecule has 0 bridgehead atoms. The molecule has 1 aliphatic rings. The Morgan fingerprint density at radius 2 is 1.71 bits per heavy atom. The van der Waals surface area contributed by atoms with Gasteiger partial charge in [-0.3, -0.25) is 9.59 Å². The minimum absolute atomic E-state index is 0.0175. The third kappa shape index (κ3) is 6.03. The number of nitrogens with zero attached hydrogens (tertiary/aromatic N) is 2. The first-order valence-electron chi connectivity index (χ1n) is 13.0. The summed E-state index contributed by atoms with van der Waals surface area (Å²) in [7, 11) is 1.63. The number of fused-ring (bicyclic) bond motifs is 1. The van der Waals surface area contributed by atoms with Crippen LogP contribution >= 0.6 is 11.6 Å². The van der Waals surface area contributed by atoms with Crippen LogP contribution in [0.1, 0.15) is 34.9 Å². The highest BCUT2D eigenvalue weighted by molar-refractivity contribution is 6.30. The number of hydrogen-bond acceptors (Lipinski definition) is 3. The summed E-state index contributed by atoms with van der Waals surface area (Å²) in [5.74, 6) is 0.470. The lowest BCUT2D eigenvalue weighted by atomic mass is 10.1. The predicted molar refractivity (Wildman–Crippen MR) is 150 cm³/mol. The molecule has 6 nitrogen and oxygen atoms in total. The fourth-order valence-corrected chi connectivity index (χ4v) is 5.04. The average molecular weight is 530 g/mol. The number of halogens is 1. The van der Waals surface area contributed by atoms with E-state index in [-0.39, 0.29) is 24.4 Å². The highest BCUT2D eigenvalue weighted by Crippen LogP contribution is 2.32. The van der Waals surface area contributed by atoms with Crippen LogP contribution < -0.4 is 4.74 Å². The zero-order chi connectivity index (χ0) is 26.5. The molecule has 0 radical (unpaired) electrons. The number of carbonyl (C=O) groups excluding carboxylic acids is 2. The van der Waals surface area contributed by atoms with Crippen molar-refractivity contribution in [2.75, 3.05) is 20.2 Å². The summed E-state index contributed by atoms with van der Waals surface area (Å²) in [6.45, 7) is 0.993. The zero-order valence-electron chi connectivity index (χ0n) is 21.5. The van der Waals surface area contributed by atoms with Crippen LogP contribution in [0.4, 0.5) is 0 Å². The summed E-state index contributed by atoms with van der Waals surface area (Å²) in [6, 6.07) is 25.3. The highest BCUT2D eigenvalue weighted by Gasteiger charge is 2.37. The van der Waals surface area contributed by atoms with Crippen molar-refractivity contribution in [3.63, 3.8) is 0 Å². The molecular weight excluding hydrogens is 498 g/mol. The molecule has 1 heterocycles. The molecule has 1 aromatic heterocycles. The summed E-state index contributed by atoms with van der Waals surface area (Å²) < 4.78 is 5.29. The minimum atomic E-state index is -0.814. The van der Waals surface area contributed by atoms with E-state index in [1.807, 2.05) is 83.9 Å². The lowest BCUT2D eigenvalue weighted by molar-refractivity contribution is -0.141. The molecule has 1 aliphatic carbocycles. The molecule has 1 saturated carbocycles. The van der Waals surface area contributed by atoms with Crippen LogP contribution in [-0.2, 0) is 22.6 Å². The molecule has 0 aliphatic heterocycles. The minimum Gasteiger partial charge on any atom is -0.497 e. The lowest BCUT2D eigenvalue weighted by Crippen LogP contribution is -2.45. The summed E-state index contributed by atoms with van der Waals surface area (Å²) in [5, 5.41) is 0.345. The largest absolute Gasteiger partial charge is 0.497 e. The van der Waals surface area contributed by atoms with E-state index in [1.54, 1.807) is 12.0 Å². The number of benzene rings is 3. The van der Waals surface area contributed by atoms with E-state index < -0.39 is 5.38 Å². The quantitative estimate of drug-likeness (QED) is 0.253. The number of hydrogen-bond donors (Lipinski definition) is 1. The second-order valence-electron chi connectivity index (χ2n) is 9.74. The van der Waals surface area contributed by atoms with Crippen molar-refractivity contribution in [3.8, 4) is 5.75 Å². The Hall–Kier alpha value is -3.77. The summed E-state index contributed by atoms with van der Waals surface area (Å²) in [4.78, 5) is 34.0. The maximum atomic E-state index is 13.8. The second-order valence-corrected chi connectivity index (χ2v) is 10.2. The van der Waals surface area contributed by atoms with Crippen molar-refractivity contribution >= 4 is 34.3 Å². The number of amides is 2. The molecule has 1 fully saturated rings. The average Bonchev–Trinajstić information content (AvgIpc) is 3.73. The number of para-hydroxylation sites is 1. The Morgan fingerprint density at radius 1 is 1.00 bits per heavy atom. The van der Waals surface area contributed by atoms with Gasteiger partial charge in [0.15, 0.2) is 0 Å². The van der Waals surface area contributed by atoms with Gasteiger partial charge in [-0.05, 0) is 54.2 Å². The first-order valence-corrected chi connectivity index (χ1v) is 13.4. The SMILES string of the molecule is COc1ccc(CN(CCc2c[nH]c3ccccc23)C(=O)CN(C(=O)C(Cl)c2ccccc2)C2CC2)cc1. The Labute approximate surface area is 228 Å². The molecule has 0 spiro atoms. The van der Waals surface area contributed by atoms with Crippen LogP contribution in [-0.4, -0.2) is 52.8 Å². The molecule has 1 atom stereocenters. The molecule has 1 N–H and O–H groups in total. The summed E-state index contributed by atoms with van der Waals surface area (Å²) >= 11 is 6.60. The Kier molecular flexibility index (Phi) is 7.99. The van der Waals surface area contributed by atoms with Crippen LogP contribution in [0, 0.1) is 0 Å². The predicted octanol–water partition coefficient (Wildman–Crippen LogP) is 5.72. The molecule has 3 aromatic carbocycles. The summed E-state index contributed by atoms with van der Waals surface area (Å²) in [5.41, 5.74) is 3.98. The Balaban J connectivity index is 1.34. The number of ether oxygens (including phenoxy) is 1. The zero-order valence-corrected chi connectivity index (χ0v) is 22.2. The topological polar surface area (TPSA) is 65.6 Å². The molecule has 4 aromatic rings. The van der Waals surface area contributed by atoms with E-state index in [4.69, 9.17) is 16.3 Å². The Morgan fingerprint density at radius 3 is 2.42 bits per heavy atom. The van der Waals surface area contributed by atoms with Gasteiger partial charge in [0.2, 0.25) is 11.8 Å². The van der Waals surface area contributed by atoms with Crippen LogP contribution in [0.5, 0.6) is 5.75 Å². The third-order valence-electron chi connectivity index (χ3n) is 7.10. The van der Waals surface area contributed by atoms with Crippen LogP contribution in [0.25, 0.3) is 10.9 Å². The van der Waals surface area contributed by atoms with Gasteiger partial charge >= 0.3 is 0 Å². The molecular formula is C31H32ClN3O3. The van der Waals surface area contributed by atoms with Crippen LogP contribution in [0.15, 0.2) is 85.1 Å². The number of H-pyrrole nitrogens is 1. The van der Waals surface area contributed by atoms with Gasteiger partial charge in [0.1, 0.15) is 17.7 Å². The standard InChI is InChI=1S/C31H32ClN3O3/c1-38-26-15-11-22(12-16-26)20-34(18-17-24-19-33-28-10-6-5-9-27(24)28)29(36)21-35(25-13-14-25)31(37)30(32)23-7-3-2-4-8-23/h2-12,15-16,19,25,30,33H,13-14,17-18,20-21H2,1H3. The highest BCUT2D eigenvalue weighted by atomic mass is 35.5. The first-order chi connectivity index (χ1) is 18.5. The van der Waals surface area contributed by atoms with Crippen LogP contribution in [0.2, 0.25) is 0 Å². The second kappa shape index (κ2) is 11.7.